The Morgan fingerprint density at radius 3 is 2.61 bits per heavy atom. The molecule has 2 aromatic heterocycles. The summed E-state index contributed by atoms with van der Waals surface area (Å²) in [4.78, 5) is 16.4. The number of carbonyl (C=O) groups excluding carboxylic acids is 1. The maximum absolute atomic E-state index is 12.2. The van der Waals surface area contributed by atoms with E-state index in [1.165, 1.54) is 5.56 Å². The second-order valence-electron chi connectivity index (χ2n) is 6.72. The molecule has 0 fully saturated rings. The van der Waals surface area contributed by atoms with Crippen molar-refractivity contribution in [3.05, 3.63) is 54.4 Å². The Morgan fingerprint density at radius 1 is 1.18 bits per heavy atom. The summed E-state index contributed by atoms with van der Waals surface area (Å²) in [6, 6.07) is 11.9. The molecule has 0 saturated carbocycles. The molecule has 0 saturated heterocycles. The van der Waals surface area contributed by atoms with E-state index in [0.717, 1.165) is 28.8 Å². The second kappa shape index (κ2) is 9.50. The summed E-state index contributed by atoms with van der Waals surface area (Å²) < 4.78 is 2.05. The summed E-state index contributed by atoms with van der Waals surface area (Å²) in [6.07, 6.45) is 3.93. The van der Waals surface area contributed by atoms with E-state index in [-0.39, 0.29) is 5.91 Å². The van der Waals surface area contributed by atoms with Gasteiger partial charge in [0.25, 0.3) is 0 Å². The number of amides is 1. The first-order chi connectivity index (χ1) is 13.6. The average molecular weight is 396 g/mol. The Morgan fingerprint density at radius 2 is 1.96 bits per heavy atom. The van der Waals surface area contributed by atoms with E-state index in [1.54, 1.807) is 24.2 Å². The smallest absolute Gasteiger partial charge is 0.225 e. The fourth-order valence-corrected chi connectivity index (χ4v) is 3.74. The molecule has 6 nitrogen and oxygen atoms in total. The van der Waals surface area contributed by atoms with Gasteiger partial charge in [-0.15, -0.1) is 10.2 Å². The third-order valence-corrected chi connectivity index (χ3v) is 5.34. The number of rotatable bonds is 8. The monoisotopic (exact) mass is 395 g/mol. The van der Waals surface area contributed by atoms with E-state index in [1.807, 2.05) is 28.8 Å². The van der Waals surface area contributed by atoms with Crippen molar-refractivity contribution in [1.29, 1.82) is 0 Å². The van der Waals surface area contributed by atoms with E-state index in [2.05, 4.69) is 53.4 Å². The van der Waals surface area contributed by atoms with Gasteiger partial charge in [-0.3, -0.25) is 9.78 Å². The van der Waals surface area contributed by atoms with Crippen LogP contribution in [0.25, 0.3) is 11.4 Å². The molecule has 146 valence electrons. The van der Waals surface area contributed by atoms with Crippen LogP contribution in [0.5, 0.6) is 0 Å². The van der Waals surface area contributed by atoms with Gasteiger partial charge in [-0.2, -0.15) is 0 Å². The summed E-state index contributed by atoms with van der Waals surface area (Å²) >= 11 is 1.54. The molecule has 1 aromatic carbocycles. The van der Waals surface area contributed by atoms with Crippen molar-refractivity contribution in [2.75, 3.05) is 11.1 Å². The molecular formula is C21H25N5OS. The molecule has 3 aromatic rings. The molecule has 28 heavy (non-hydrogen) atoms. The van der Waals surface area contributed by atoms with Crippen molar-refractivity contribution in [1.82, 2.24) is 19.7 Å². The van der Waals surface area contributed by atoms with Gasteiger partial charge in [0.15, 0.2) is 11.0 Å². The van der Waals surface area contributed by atoms with Crippen molar-refractivity contribution < 1.29 is 4.79 Å². The number of carbonyl (C=O) groups is 1. The predicted molar refractivity (Wildman–Crippen MR) is 113 cm³/mol. The normalized spacial score (nSPS) is 11.0. The first-order valence-electron chi connectivity index (χ1n) is 9.44. The van der Waals surface area contributed by atoms with Crippen molar-refractivity contribution in [3.8, 4) is 11.4 Å². The molecule has 0 radical (unpaired) electrons. The SMILES string of the molecule is CCn1c(SCCC(=O)Nc2ccc(C(C)C)cc2)nnc1-c1cccnc1. The number of thioether (sulfide) groups is 1. The zero-order valence-electron chi connectivity index (χ0n) is 16.4. The van der Waals surface area contributed by atoms with Crippen LogP contribution < -0.4 is 5.32 Å². The summed E-state index contributed by atoms with van der Waals surface area (Å²) in [6.45, 7) is 7.12. The number of anilines is 1. The van der Waals surface area contributed by atoms with Crippen LogP contribution >= 0.6 is 11.8 Å². The highest BCUT2D eigenvalue weighted by Crippen LogP contribution is 2.24. The van der Waals surface area contributed by atoms with Crippen LogP contribution in [0, 0.1) is 0 Å². The molecule has 3 rings (SSSR count). The maximum Gasteiger partial charge on any atom is 0.225 e. The number of nitrogens with one attached hydrogen (secondary N) is 1. The van der Waals surface area contributed by atoms with Crippen molar-refractivity contribution >= 4 is 23.4 Å². The quantitative estimate of drug-likeness (QED) is 0.564. The highest BCUT2D eigenvalue weighted by Gasteiger charge is 2.13. The Balaban J connectivity index is 1.55. The fourth-order valence-electron chi connectivity index (χ4n) is 2.80. The Bertz CT molecular complexity index is 906. The lowest BCUT2D eigenvalue weighted by atomic mass is 10.0. The zero-order valence-corrected chi connectivity index (χ0v) is 17.2. The van der Waals surface area contributed by atoms with Crippen LogP contribution in [0.3, 0.4) is 0 Å². The highest BCUT2D eigenvalue weighted by atomic mass is 32.2. The van der Waals surface area contributed by atoms with Crippen LogP contribution in [0.15, 0.2) is 53.9 Å². The lowest BCUT2D eigenvalue weighted by Gasteiger charge is -2.09. The minimum atomic E-state index is -0.000145. The van der Waals surface area contributed by atoms with Gasteiger partial charge in [0.05, 0.1) is 0 Å². The van der Waals surface area contributed by atoms with Crippen molar-refractivity contribution in [3.63, 3.8) is 0 Å². The number of hydrogen-bond acceptors (Lipinski definition) is 5. The lowest BCUT2D eigenvalue weighted by Crippen LogP contribution is -2.12. The average Bonchev–Trinajstić information content (AvgIpc) is 3.12. The molecule has 0 bridgehead atoms. The van der Waals surface area contributed by atoms with Crippen molar-refractivity contribution in [2.45, 2.75) is 44.8 Å². The van der Waals surface area contributed by atoms with Gasteiger partial charge < -0.3 is 9.88 Å². The van der Waals surface area contributed by atoms with E-state index in [0.29, 0.717) is 18.1 Å². The highest BCUT2D eigenvalue weighted by molar-refractivity contribution is 7.99. The number of nitrogens with zero attached hydrogens (tertiary/aromatic N) is 4. The standard InChI is InChI=1S/C21H25N5OS/c1-4-26-20(17-6-5-12-22-14-17)24-25-21(26)28-13-11-19(27)23-18-9-7-16(8-10-18)15(2)3/h5-10,12,14-15H,4,11,13H2,1-3H3,(H,23,27). The third-order valence-electron chi connectivity index (χ3n) is 4.37. The number of hydrogen-bond donors (Lipinski definition) is 1. The molecule has 1 N–H and O–H groups in total. The second-order valence-corrected chi connectivity index (χ2v) is 7.78. The number of aromatic nitrogens is 4. The van der Waals surface area contributed by atoms with E-state index < -0.39 is 0 Å². The lowest BCUT2D eigenvalue weighted by molar-refractivity contribution is -0.115. The molecule has 7 heteroatoms. The van der Waals surface area contributed by atoms with Gasteiger partial charge >= 0.3 is 0 Å². The minimum Gasteiger partial charge on any atom is -0.326 e. The summed E-state index contributed by atoms with van der Waals surface area (Å²) in [5.41, 5.74) is 3.03. The molecule has 0 spiro atoms. The van der Waals surface area contributed by atoms with Crippen LogP contribution in [0.2, 0.25) is 0 Å². The number of pyridine rings is 1. The van der Waals surface area contributed by atoms with Gasteiger partial charge in [-0.1, -0.05) is 37.7 Å². The van der Waals surface area contributed by atoms with Gasteiger partial charge in [0, 0.05) is 42.4 Å². The first-order valence-corrected chi connectivity index (χ1v) is 10.4. The summed E-state index contributed by atoms with van der Waals surface area (Å²) in [5, 5.41) is 12.3. The predicted octanol–water partition coefficient (Wildman–Crippen LogP) is 4.60. The Kier molecular flexibility index (Phi) is 6.81. The van der Waals surface area contributed by atoms with Crippen molar-refractivity contribution in [2.24, 2.45) is 0 Å². The van der Waals surface area contributed by atoms with Crippen LogP contribution in [0.1, 0.15) is 38.7 Å². The molecule has 0 atom stereocenters. The largest absolute Gasteiger partial charge is 0.326 e. The van der Waals surface area contributed by atoms with Crippen LogP contribution in [0.4, 0.5) is 5.69 Å². The van der Waals surface area contributed by atoms with E-state index >= 15 is 0 Å². The Hall–Kier alpha value is -2.67. The molecule has 1 amide bonds. The van der Waals surface area contributed by atoms with E-state index in [9.17, 15) is 4.79 Å². The molecule has 0 unspecified atom stereocenters. The van der Waals surface area contributed by atoms with Gasteiger partial charge in [-0.25, -0.2) is 0 Å². The molecule has 0 aliphatic carbocycles. The minimum absolute atomic E-state index is 0.000145. The van der Waals surface area contributed by atoms with Gasteiger partial charge in [-0.05, 0) is 42.7 Å². The first kappa shape index (κ1) is 20.1. The summed E-state index contributed by atoms with van der Waals surface area (Å²) in [7, 11) is 0. The molecule has 0 aliphatic rings. The third kappa shape index (κ3) is 4.98. The zero-order chi connectivity index (χ0) is 19.9. The number of benzene rings is 1. The molecule has 0 aliphatic heterocycles. The van der Waals surface area contributed by atoms with Crippen LogP contribution in [-0.4, -0.2) is 31.4 Å². The molecule has 2 heterocycles. The van der Waals surface area contributed by atoms with E-state index in [4.69, 9.17) is 0 Å². The topological polar surface area (TPSA) is 72.7 Å². The van der Waals surface area contributed by atoms with Gasteiger partial charge in [0.1, 0.15) is 0 Å². The Labute approximate surface area is 169 Å². The van der Waals surface area contributed by atoms with Gasteiger partial charge in [0.2, 0.25) is 5.91 Å². The fraction of sp³-hybridized carbons (Fsp3) is 0.333. The summed E-state index contributed by atoms with van der Waals surface area (Å²) in [5.74, 6) is 1.92. The van der Waals surface area contributed by atoms with Crippen LogP contribution in [-0.2, 0) is 11.3 Å². The maximum atomic E-state index is 12.2. The molecular weight excluding hydrogens is 370 g/mol.